The molecule has 0 aromatic heterocycles. The fraction of sp³-hybridized carbons (Fsp3) is 0.647. The number of hydrogen-bond donors (Lipinski definition) is 1. The van der Waals surface area contributed by atoms with Crippen molar-refractivity contribution in [3.8, 4) is 0 Å². The number of aryl methyl sites for hydroxylation is 2. The summed E-state index contributed by atoms with van der Waals surface area (Å²) in [5, 5.41) is 3.46. The lowest BCUT2D eigenvalue weighted by atomic mass is 9.89. The van der Waals surface area contributed by atoms with E-state index in [1.807, 2.05) is 0 Å². The van der Waals surface area contributed by atoms with E-state index in [1.54, 1.807) is 11.1 Å². The van der Waals surface area contributed by atoms with Crippen LogP contribution in [-0.4, -0.2) is 13.1 Å². The van der Waals surface area contributed by atoms with Gasteiger partial charge >= 0.3 is 0 Å². The number of fused-ring (bicyclic) bond motifs is 1. The van der Waals surface area contributed by atoms with Crippen molar-refractivity contribution in [3.63, 3.8) is 0 Å². The van der Waals surface area contributed by atoms with E-state index in [-0.39, 0.29) is 0 Å². The molecule has 1 nitrogen and oxygen atoms in total. The molecular formula is C17H27N. The summed E-state index contributed by atoms with van der Waals surface area (Å²) in [4.78, 5) is 0. The molecule has 0 aliphatic heterocycles. The first-order valence-electron chi connectivity index (χ1n) is 7.52. The largest absolute Gasteiger partial charge is 0.317 e. The molecule has 2 rings (SSSR count). The van der Waals surface area contributed by atoms with E-state index < -0.39 is 0 Å². The van der Waals surface area contributed by atoms with Crippen LogP contribution in [0.4, 0.5) is 0 Å². The normalized spacial score (nSPS) is 17.5. The van der Waals surface area contributed by atoms with Crippen LogP contribution in [0.1, 0.15) is 43.9 Å². The Kier molecular flexibility index (Phi) is 4.82. The molecule has 0 saturated heterocycles. The second kappa shape index (κ2) is 6.38. The van der Waals surface area contributed by atoms with Crippen LogP contribution in [0.2, 0.25) is 0 Å². The first-order chi connectivity index (χ1) is 8.70. The lowest BCUT2D eigenvalue weighted by Crippen LogP contribution is -2.25. The molecule has 2 unspecified atom stereocenters. The Bertz CT molecular complexity index is 383. The van der Waals surface area contributed by atoms with Gasteiger partial charge in [-0.3, -0.25) is 0 Å². The minimum Gasteiger partial charge on any atom is -0.317 e. The van der Waals surface area contributed by atoms with Gasteiger partial charge in [0.05, 0.1) is 0 Å². The van der Waals surface area contributed by atoms with Gasteiger partial charge in [-0.1, -0.05) is 39.0 Å². The second-order valence-corrected chi connectivity index (χ2v) is 5.92. The first-order valence-corrected chi connectivity index (χ1v) is 7.52. The van der Waals surface area contributed by atoms with Gasteiger partial charge in [0.25, 0.3) is 0 Å². The van der Waals surface area contributed by atoms with Gasteiger partial charge in [0.15, 0.2) is 0 Å². The maximum absolute atomic E-state index is 3.46. The SMILES string of the molecule is CCNCC(C)C(C)Cc1ccc2c(c1)CCC2. The fourth-order valence-electron chi connectivity index (χ4n) is 2.90. The smallest absolute Gasteiger partial charge is 0.00206 e. The molecule has 1 aromatic rings. The topological polar surface area (TPSA) is 12.0 Å². The van der Waals surface area contributed by atoms with Crippen molar-refractivity contribution in [2.75, 3.05) is 13.1 Å². The summed E-state index contributed by atoms with van der Waals surface area (Å²) in [6.45, 7) is 9.15. The molecule has 0 amide bonds. The zero-order chi connectivity index (χ0) is 13.0. The molecule has 0 heterocycles. The predicted molar refractivity (Wildman–Crippen MR) is 79.0 cm³/mol. The summed E-state index contributed by atoms with van der Waals surface area (Å²) in [7, 11) is 0. The van der Waals surface area contributed by atoms with Gasteiger partial charge in [-0.15, -0.1) is 0 Å². The molecule has 0 spiro atoms. The average Bonchev–Trinajstić information content (AvgIpc) is 2.83. The van der Waals surface area contributed by atoms with Crippen LogP contribution in [-0.2, 0) is 19.3 Å². The molecule has 1 heteroatoms. The summed E-state index contributed by atoms with van der Waals surface area (Å²) in [5.41, 5.74) is 4.73. The third kappa shape index (κ3) is 3.35. The van der Waals surface area contributed by atoms with E-state index in [0.717, 1.165) is 24.9 Å². The molecule has 18 heavy (non-hydrogen) atoms. The van der Waals surface area contributed by atoms with E-state index in [2.05, 4.69) is 44.3 Å². The number of rotatable bonds is 6. The van der Waals surface area contributed by atoms with Crippen molar-refractivity contribution in [1.29, 1.82) is 0 Å². The molecule has 0 bridgehead atoms. The van der Waals surface area contributed by atoms with Crippen LogP contribution >= 0.6 is 0 Å². The minimum absolute atomic E-state index is 0.748. The lowest BCUT2D eigenvalue weighted by Gasteiger charge is -2.20. The monoisotopic (exact) mass is 245 g/mol. The van der Waals surface area contributed by atoms with Crippen molar-refractivity contribution in [2.45, 2.75) is 46.5 Å². The number of benzene rings is 1. The standard InChI is InChI=1S/C17H27N/c1-4-18-12-14(3)13(2)10-15-8-9-16-6-5-7-17(16)11-15/h8-9,11,13-14,18H,4-7,10,12H2,1-3H3. The Morgan fingerprint density at radius 1 is 1.11 bits per heavy atom. The van der Waals surface area contributed by atoms with Crippen molar-refractivity contribution in [2.24, 2.45) is 11.8 Å². The van der Waals surface area contributed by atoms with E-state index in [1.165, 1.54) is 31.2 Å². The highest BCUT2D eigenvalue weighted by Gasteiger charge is 2.15. The third-order valence-electron chi connectivity index (χ3n) is 4.41. The summed E-state index contributed by atoms with van der Waals surface area (Å²) in [6, 6.07) is 7.17. The second-order valence-electron chi connectivity index (χ2n) is 5.92. The Labute approximate surface area is 112 Å². The third-order valence-corrected chi connectivity index (χ3v) is 4.41. The van der Waals surface area contributed by atoms with Gasteiger partial charge < -0.3 is 5.32 Å². The first kappa shape index (κ1) is 13.6. The van der Waals surface area contributed by atoms with Gasteiger partial charge in [0, 0.05) is 0 Å². The van der Waals surface area contributed by atoms with Gasteiger partial charge in [-0.2, -0.15) is 0 Å². The van der Waals surface area contributed by atoms with E-state index in [4.69, 9.17) is 0 Å². The van der Waals surface area contributed by atoms with Crippen molar-refractivity contribution < 1.29 is 0 Å². The minimum atomic E-state index is 0.748. The van der Waals surface area contributed by atoms with Crippen molar-refractivity contribution >= 4 is 0 Å². The van der Waals surface area contributed by atoms with Gasteiger partial charge in [-0.25, -0.2) is 0 Å². The zero-order valence-electron chi connectivity index (χ0n) is 12.1. The van der Waals surface area contributed by atoms with Gasteiger partial charge in [0.2, 0.25) is 0 Å². The van der Waals surface area contributed by atoms with Crippen molar-refractivity contribution in [3.05, 3.63) is 34.9 Å². The lowest BCUT2D eigenvalue weighted by molar-refractivity contribution is 0.368. The maximum Gasteiger partial charge on any atom is -0.00206 e. The van der Waals surface area contributed by atoms with Crippen LogP contribution in [0.3, 0.4) is 0 Å². The summed E-state index contributed by atoms with van der Waals surface area (Å²) in [6.07, 6.45) is 5.16. The molecule has 1 aliphatic rings. The van der Waals surface area contributed by atoms with E-state index in [0.29, 0.717) is 0 Å². The summed E-state index contributed by atoms with van der Waals surface area (Å²) >= 11 is 0. The highest BCUT2D eigenvalue weighted by atomic mass is 14.8. The van der Waals surface area contributed by atoms with E-state index in [9.17, 15) is 0 Å². The fourth-order valence-corrected chi connectivity index (χ4v) is 2.90. The van der Waals surface area contributed by atoms with Crippen LogP contribution in [0.25, 0.3) is 0 Å². The van der Waals surface area contributed by atoms with Crippen molar-refractivity contribution in [1.82, 2.24) is 5.32 Å². The van der Waals surface area contributed by atoms with Crippen LogP contribution in [0.5, 0.6) is 0 Å². The Morgan fingerprint density at radius 3 is 2.67 bits per heavy atom. The highest BCUT2D eigenvalue weighted by molar-refractivity contribution is 5.35. The number of hydrogen-bond acceptors (Lipinski definition) is 1. The van der Waals surface area contributed by atoms with Gasteiger partial charge in [-0.05, 0) is 67.3 Å². The summed E-state index contributed by atoms with van der Waals surface area (Å²) in [5.74, 6) is 1.50. The highest BCUT2D eigenvalue weighted by Crippen LogP contribution is 2.25. The molecule has 1 aromatic carbocycles. The Hall–Kier alpha value is -0.820. The predicted octanol–water partition coefficient (Wildman–Crippen LogP) is 3.60. The maximum atomic E-state index is 3.46. The van der Waals surface area contributed by atoms with Crippen LogP contribution in [0.15, 0.2) is 18.2 Å². The Balaban J connectivity index is 1.92. The van der Waals surface area contributed by atoms with E-state index >= 15 is 0 Å². The van der Waals surface area contributed by atoms with Crippen LogP contribution < -0.4 is 5.32 Å². The molecule has 1 aliphatic carbocycles. The zero-order valence-corrected chi connectivity index (χ0v) is 12.1. The van der Waals surface area contributed by atoms with Crippen LogP contribution in [0, 0.1) is 11.8 Å². The Morgan fingerprint density at radius 2 is 1.89 bits per heavy atom. The number of nitrogens with one attached hydrogen (secondary N) is 1. The molecule has 0 saturated carbocycles. The molecular weight excluding hydrogens is 218 g/mol. The average molecular weight is 245 g/mol. The quantitative estimate of drug-likeness (QED) is 0.807. The summed E-state index contributed by atoms with van der Waals surface area (Å²) < 4.78 is 0. The molecule has 0 radical (unpaired) electrons. The molecule has 100 valence electrons. The van der Waals surface area contributed by atoms with Gasteiger partial charge in [0.1, 0.15) is 0 Å². The molecule has 0 fully saturated rings. The molecule has 2 atom stereocenters. The molecule has 1 N–H and O–H groups in total.